The van der Waals surface area contributed by atoms with E-state index in [0.717, 1.165) is 5.56 Å². The van der Waals surface area contributed by atoms with Crippen LogP contribution in [0.3, 0.4) is 0 Å². The van der Waals surface area contributed by atoms with Crippen molar-refractivity contribution in [2.45, 2.75) is 20.1 Å². The molecule has 34 heavy (non-hydrogen) atoms. The largest absolute Gasteiger partial charge is 0.493 e. The molecule has 1 N–H and O–H groups in total. The van der Waals surface area contributed by atoms with E-state index < -0.39 is 12.5 Å². The first-order chi connectivity index (χ1) is 16.4. The molecule has 0 aliphatic heterocycles. The van der Waals surface area contributed by atoms with Gasteiger partial charge in [0.2, 0.25) is 0 Å². The van der Waals surface area contributed by atoms with Crippen LogP contribution in [0.1, 0.15) is 21.5 Å². The highest BCUT2D eigenvalue weighted by Crippen LogP contribution is 2.30. The fourth-order valence-electron chi connectivity index (χ4n) is 3.65. The summed E-state index contributed by atoms with van der Waals surface area (Å²) in [5, 5.41) is 3.07. The molecule has 0 saturated carbocycles. The summed E-state index contributed by atoms with van der Waals surface area (Å²) in [7, 11) is 1.33. The zero-order valence-electron chi connectivity index (χ0n) is 18.4. The molecule has 0 unspecified atom stereocenters. The number of para-hydroxylation sites is 1. The van der Waals surface area contributed by atoms with Crippen LogP contribution in [0.5, 0.6) is 11.5 Å². The number of fused-ring (bicyclic) bond motifs is 1. The molecule has 1 amide bonds. The van der Waals surface area contributed by atoms with Gasteiger partial charge in [0.25, 0.3) is 5.91 Å². The molecule has 0 radical (unpaired) electrons. The minimum Gasteiger partial charge on any atom is -0.493 e. The zero-order valence-corrected chi connectivity index (χ0v) is 18.4. The van der Waals surface area contributed by atoms with E-state index in [2.05, 4.69) is 10.1 Å². The maximum atomic E-state index is 13.0. The summed E-state index contributed by atoms with van der Waals surface area (Å²) in [5.41, 5.74) is 1.97. The molecule has 0 atom stereocenters. The lowest BCUT2D eigenvalue weighted by Gasteiger charge is -2.13. The SMILES string of the molecule is COc1cc(CNC(=O)c2cccc3c(=O)c(C)c(-c4ccccc4)oc23)ccc1OC(F)F. The van der Waals surface area contributed by atoms with Gasteiger partial charge in [0.05, 0.1) is 18.1 Å². The van der Waals surface area contributed by atoms with E-state index in [4.69, 9.17) is 9.15 Å². The van der Waals surface area contributed by atoms with Gasteiger partial charge in [-0.2, -0.15) is 8.78 Å². The number of methoxy groups -OCH3 is 1. The average Bonchev–Trinajstić information content (AvgIpc) is 2.85. The number of benzene rings is 3. The first-order valence-corrected chi connectivity index (χ1v) is 10.4. The van der Waals surface area contributed by atoms with Crippen LogP contribution in [0.15, 0.2) is 75.9 Å². The Bertz CT molecular complexity index is 1400. The number of carbonyl (C=O) groups excluding carboxylic acids is 1. The molecule has 4 aromatic rings. The third-order valence-electron chi connectivity index (χ3n) is 5.32. The Balaban J connectivity index is 1.64. The number of ether oxygens (including phenoxy) is 2. The first-order valence-electron chi connectivity index (χ1n) is 10.4. The van der Waals surface area contributed by atoms with Gasteiger partial charge in [-0.15, -0.1) is 0 Å². The van der Waals surface area contributed by atoms with E-state index in [-0.39, 0.29) is 34.6 Å². The van der Waals surface area contributed by atoms with E-state index in [0.29, 0.717) is 22.3 Å². The number of rotatable bonds is 7. The van der Waals surface area contributed by atoms with Crippen LogP contribution in [-0.4, -0.2) is 19.6 Å². The smallest absolute Gasteiger partial charge is 0.387 e. The summed E-state index contributed by atoms with van der Waals surface area (Å²) in [5.74, 6) is -0.0420. The van der Waals surface area contributed by atoms with Crippen molar-refractivity contribution in [3.05, 3.63) is 93.6 Å². The van der Waals surface area contributed by atoms with Gasteiger partial charge in [0.1, 0.15) is 5.76 Å². The van der Waals surface area contributed by atoms with Crippen LogP contribution >= 0.6 is 0 Å². The van der Waals surface area contributed by atoms with Gasteiger partial charge in [-0.3, -0.25) is 9.59 Å². The number of halogens is 2. The molecule has 0 spiro atoms. The molecule has 0 aliphatic rings. The summed E-state index contributed by atoms with van der Waals surface area (Å²) in [4.78, 5) is 26.0. The minimum atomic E-state index is -2.98. The standard InChI is InChI=1S/C26H21F2NO5/c1-15-22(30)18-9-6-10-19(24(18)34-23(15)17-7-4-3-5-8-17)25(31)29-14-16-11-12-20(33-26(27)28)21(13-16)32-2/h3-13,26H,14H2,1-2H3,(H,29,31). The predicted molar refractivity (Wildman–Crippen MR) is 123 cm³/mol. The Morgan fingerprint density at radius 3 is 2.50 bits per heavy atom. The maximum Gasteiger partial charge on any atom is 0.387 e. The lowest BCUT2D eigenvalue weighted by atomic mass is 10.0. The second-order valence-electron chi connectivity index (χ2n) is 7.48. The molecule has 0 bridgehead atoms. The highest BCUT2D eigenvalue weighted by molar-refractivity contribution is 6.05. The molecular weight excluding hydrogens is 444 g/mol. The van der Waals surface area contributed by atoms with Crippen LogP contribution in [0.4, 0.5) is 8.78 Å². The fourth-order valence-corrected chi connectivity index (χ4v) is 3.65. The molecule has 0 saturated heterocycles. The molecule has 174 valence electrons. The van der Waals surface area contributed by atoms with Crippen molar-refractivity contribution >= 4 is 16.9 Å². The number of carbonyl (C=O) groups is 1. The predicted octanol–water partition coefficient (Wildman–Crippen LogP) is 5.31. The normalized spacial score (nSPS) is 11.0. The van der Waals surface area contributed by atoms with Gasteiger partial charge < -0.3 is 19.2 Å². The quantitative estimate of drug-likeness (QED) is 0.400. The summed E-state index contributed by atoms with van der Waals surface area (Å²) in [6.45, 7) is -1.21. The van der Waals surface area contributed by atoms with Crippen molar-refractivity contribution < 1.29 is 27.5 Å². The van der Waals surface area contributed by atoms with Crippen molar-refractivity contribution in [3.8, 4) is 22.8 Å². The monoisotopic (exact) mass is 465 g/mol. The Kier molecular flexibility index (Phi) is 6.58. The topological polar surface area (TPSA) is 77.8 Å². The van der Waals surface area contributed by atoms with Crippen LogP contribution in [0, 0.1) is 6.92 Å². The fraction of sp³-hybridized carbons (Fsp3) is 0.154. The van der Waals surface area contributed by atoms with Crippen molar-refractivity contribution in [1.82, 2.24) is 5.32 Å². The third-order valence-corrected chi connectivity index (χ3v) is 5.32. The van der Waals surface area contributed by atoms with Gasteiger partial charge in [-0.1, -0.05) is 42.5 Å². The van der Waals surface area contributed by atoms with Crippen molar-refractivity contribution in [1.29, 1.82) is 0 Å². The Morgan fingerprint density at radius 1 is 1.03 bits per heavy atom. The van der Waals surface area contributed by atoms with Gasteiger partial charge in [0, 0.05) is 17.7 Å². The summed E-state index contributed by atoms with van der Waals surface area (Å²) in [6, 6.07) is 18.4. The summed E-state index contributed by atoms with van der Waals surface area (Å²) < 4.78 is 40.7. The van der Waals surface area contributed by atoms with Crippen molar-refractivity contribution in [3.63, 3.8) is 0 Å². The number of hydrogen-bond acceptors (Lipinski definition) is 5. The summed E-state index contributed by atoms with van der Waals surface area (Å²) >= 11 is 0. The molecule has 4 rings (SSSR count). The lowest BCUT2D eigenvalue weighted by molar-refractivity contribution is -0.0512. The van der Waals surface area contributed by atoms with Gasteiger partial charge in [-0.05, 0) is 36.8 Å². The van der Waals surface area contributed by atoms with Crippen LogP contribution in [0.25, 0.3) is 22.3 Å². The Labute approximate surface area is 193 Å². The van der Waals surface area contributed by atoms with Gasteiger partial charge in [-0.25, -0.2) is 0 Å². The molecule has 0 fully saturated rings. The van der Waals surface area contributed by atoms with Gasteiger partial charge >= 0.3 is 6.61 Å². The second-order valence-corrected chi connectivity index (χ2v) is 7.48. The molecule has 1 heterocycles. The van der Waals surface area contributed by atoms with E-state index in [1.807, 2.05) is 30.3 Å². The van der Waals surface area contributed by atoms with E-state index in [1.165, 1.54) is 19.2 Å². The highest BCUT2D eigenvalue weighted by Gasteiger charge is 2.18. The number of alkyl halides is 2. The van der Waals surface area contributed by atoms with E-state index in [1.54, 1.807) is 31.2 Å². The molecule has 0 aliphatic carbocycles. The van der Waals surface area contributed by atoms with E-state index >= 15 is 0 Å². The molecule has 8 heteroatoms. The van der Waals surface area contributed by atoms with Crippen LogP contribution in [-0.2, 0) is 6.54 Å². The lowest BCUT2D eigenvalue weighted by Crippen LogP contribution is -2.23. The third kappa shape index (κ3) is 4.61. The van der Waals surface area contributed by atoms with E-state index in [9.17, 15) is 18.4 Å². The maximum absolute atomic E-state index is 13.0. The number of amides is 1. The zero-order chi connectivity index (χ0) is 24.2. The van der Waals surface area contributed by atoms with Crippen LogP contribution in [0.2, 0.25) is 0 Å². The molecule has 3 aromatic carbocycles. The van der Waals surface area contributed by atoms with Crippen molar-refractivity contribution in [2.24, 2.45) is 0 Å². The Hall–Kier alpha value is -4.20. The molecule has 6 nitrogen and oxygen atoms in total. The average molecular weight is 465 g/mol. The number of hydrogen-bond donors (Lipinski definition) is 1. The number of nitrogens with one attached hydrogen (secondary N) is 1. The van der Waals surface area contributed by atoms with Crippen molar-refractivity contribution in [2.75, 3.05) is 7.11 Å². The first kappa shape index (κ1) is 23.0. The van der Waals surface area contributed by atoms with Crippen LogP contribution < -0.4 is 20.2 Å². The molecule has 1 aromatic heterocycles. The highest BCUT2D eigenvalue weighted by atomic mass is 19.3. The van der Waals surface area contributed by atoms with Gasteiger partial charge in [0.15, 0.2) is 22.5 Å². The second kappa shape index (κ2) is 9.74. The molecular formula is C26H21F2NO5. The minimum absolute atomic E-state index is 0.0855. The summed E-state index contributed by atoms with van der Waals surface area (Å²) in [6.07, 6.45) is 0. The Morgan fingerprint density at radius 2 is 1.79 bits per heavy atom.